The Hall–Kier alpha value is -3.39. The zero-order valence-corrected chi connectivity index (χ0v) is 18.6. The number of β-lactam (4-membered cyclic amide) rings is 1. The lowest BCUT2D eigenvalue weighted by atomic mass is 10.0. The summed E-state index contributed by atoms with van der Waals surface area (Å²) in [4.78, 5) is 48.1. The fraction of sp³-hybridized carbons (Fsp3) is 0.333. The van der Waals surface area contributed by atoms with Gasteiger partial charge >= 0.3 is 18.1 Å². The van der Waals surface area contributed by atoms with Gasteiger partial charge < -0.3 is 20.8 Å². The van der Waals surface area contributed by atoms with E-state index in [2.05, 4.69) is 0 Å². The molecule has 4 N–H and O–H groups in total. The van der Waals surface area contributed by atoms with Gasteiger partial charge in [0.25, 0.3) is 0 Å². The van der Waals surface area contributed by atoms with Crippen LogP contribution in [0.1, 0.15) is 12.0 Å². The number of aliphatic carboxylic acids is 2. The molecule has 9 nitrogen and oxygen atoms in total. The molecule has 0 aliphatic carbocycles. The van der Waals surface area contributed by atoms with E-state index in [1.807, 2.05) is 0 Å². The molecule has 0 saturated carbocycles. The van der Waals surface area contributed by atoms with Gasteiger partial charge in [0.2, 0.25) is 11.8 Å². The number of allylic oxidation sites excluding steroid dienone is 1. The lowest BCUT2D eigenvalue weighted by molar-refractivity contribution is -0.192. The summed E-state index contributed by atoms with van der Waals surface area (Å²) < 4.78 is 45.6. The number of nitrogens with two attached hydrogens (primary N) is 1. The summed E-state index contributed by atoms with van der Waals surface area (Å²) in [6.07, 6.45) is -3.08. The molecule has 0 unspecified atom stereocenters. The number of carbonyl (C=O) groups excluding carboxylic acids is 2. The number of hydrogen-bond acceptors (Lipinski definition) is 6. The maximum Gasteiger partial charge on any atom is 0.490 e. The van der Waals surface area contributed by atoms with Crippen molar-refractivity contribution < 1.29 is 47.0 Å². The predicted molar refractivity (Wildman–Crippen MR) is 114 cm³/mol. The van der Waals surface area contributed by atoms with Crippen LogP contribution in [0.2, 0.25) is 0 Å². The number of nitrogens with zero attached hydrogens (tertiary/aromatic N) is 2. The minimum Gasteiger partial charge on any atom is -0.477 e. The minimum atomic E-state index is -5.08. The first kappa shape index (κ1) is 26.2. The number of rotatable bonds is 4. The van der Waals surface area contributed by atoms with Crippen LogP contribution >= 0.6 is 11.8 Å². The van der Waals surface area contributed by atoms with Crippen molar-refractivity contribution >= 4 is 35.5 Å². The molecule has 0 spiro atoms. The number of carboxylic acids is 2. The third-order valence-electron chi connectivity index (χ3n) is 5.36. The van der Waals surface area contributed by atoms with E-state index in [0.29, 0.717) is 35.4 Å². The summed E-state index contributed by atoms with van der Waals surface area (Å²) >= 11 is 1.38. The highest BCUT2D eigenvalue weighted by atomic mass is 32.2. The molecule has 2 fully saturated rings. The summed E-state index contributed by atoms with van der Waals surface area (Å²) in [5, 5.41) is 16.3. The molecule has 188 valence electrons. The van der Waals surface area contributed by atoms with Crippen molar-refractivity contribution in [3.63, 3.8) is 0 Å². The van der Waals surface area contributed by atoms with E-state index in [-0.39, 0.29) is 29.3 Å². The molecule has 0 bridgehead atoms. The fourth-order valence-electron chi connectivity index (χ4n) is 3.65. The van der Waals surface area contributed by atoms with Gasteiger partial charge in [0.1, 0.15) is 22.9 Å². The van der Waals surface area contributed by atoms with Crippen molar-refractivity contribution in [2.45, 2.75) is 30.6 Å². The number of alkyl halides is 3. The van der Waals surface area contributed by atoms with Crippen LogP contribution in [0.4, 0.5) is 17.6 Å². The predicted octanol–water partition coefficient (Wildman–Crippen LogP) is 1.70. The largest absolute Gasteiger partial charge is 0.490 e. The molecular weight excluding hydrogens is 498 g/mol. The van der Waals surface area contributed by atoms with Crippen molar-refractivity contribution in [2.24, 2.45) is 5.73 Å². The molecule has 0 aromatic heterocycles. The van der Waals surface area contributed by atoms with Crippen LogP contribution in [0, 0.1) is 5.82 Å². The first-order chi connectivity index (χ1) is 16.3. The second-order valence-corrected chi connectivity index (χ2v) is 8.76. The minimum absolute atomic E-state index is 0.108. The maximum atomic E-state index is 13.9. The van der Waals surface area contributed by atoms with Crippen LogP contribution < -0.4 is 5.73 Å². The molecule has 2 saturated heterocycles. The van der Waals surface area contributed by atoms with Gasteiger partial charge in [-0.25, -0.2) is 14.0 Å². The number of carboxylic acid groups (broad SMARTS) is 2. The van der Waals surface area contributed by atoms with Crippen LogP contribution in [-0.2, 0) is 25.7 Å². The monoisotopic (exact) mass is 517 g/mol. The maximum absolute atomic E-state index is 13.9. The first-order valence-corrected chi connectivity index (χ1v) is 11.1. The molecule has 3 aliphatic heterocycles. The third-order valence-corrected chi connectivity index (χ3v) is 6.69. The molecule has 14 heteroatoms. The van der Waals surface area contributed by atoms with Crippen LogP contribution in [0.25, 0.3) is 0 Å². The Labute approximate surface area is 199 Å². The molecule has 1 aromatic rings. The summed E-state index contributed by atoms with van der Waals surface area (Å²) in [6, 6.07) is 5.59. The first-order valence-electron chi connectivity index (χ1n) is 10.0. The van der Waals surface area contributed by atoms with E-state index in [1.54, 1.807) is 24.3 Å². The van der Waals surface area contributed by atoms with Crippen LogP contribution in [0.15, 0.2) is 47.2 Å². The van der Waals surface area contributed by atoms with Crippen molar-refractivity contribution in [1.82, 2.24) is 9.80 Å². The highest BCUT2D eigenvalue weighted by Crippen LogP contribution is 2.40. The zero-order chi connectivity index (χ0) is 26.1. The second-order valence-electron chi connectivity index (χ2n) is 7.66. The Morgan fingerprint density at radius 3 is 2.40 bits per heavy atom. The Kier molecular flexibility index (Phi) is 7.55. The molecule has 0 radical (unpaired) electrons. The number of fused-ring (bicyclic) bond motifs is 1. The Balaban J connectivity index is 0.000000429. The summed E-state index contributed by atoms with van der Waals surface area (Å²) in [6.45, 7) is 0.585. The average Bonchev–Trinajstić information content (AvgIpc) is 3.13. The van der Waals surface area contributed by atoms with Crippen molar-refractivity contribution in [3.8, 4) is 0 Å². The summed E-state index contributed by atoms with van der Waals surface area (Å²) in [7, 11) is 0. The van der Waals surface area contributed by atoms with Gasteiger partial charge in [-0.05, 0) is 24.1 Å². The molecular formula is C21H19F4N3O6S. The van der Waals surface area contributed by atoms with E-state index >= 15 is 0 Å². The van der Waals surface area contributed by atoms with E-state index < -0.39 is 30.1 Å². The molecule has 3 heterocycles. The SMILES string of the molecule is N[C@@H]1C(=O)N2C(C(=O)O)=C(C=C3CCN(Cc4ccccc4F)C3=O)CS[C@H]12.O=C(O)C(F)(F)F. The Bertz CT molecular complexity index is 1140. The number of hydrogen-bond donors (Lipinski definition) is 3. The van der Waals surface area contributed by atoms with E-state index in [4.69, 9.17) is 15.6 Å². The van der Waals surface area contributed by atoms with Crippen LogP contribution in [0.5, 0.6) is 0 Å². The highest BCUT2D eigenvalue weighted by Gasteiger charge is 2.51. The lowest BCUT2D eigenvalue weighted by Gasteiger charge is -2.47. The topological polar surface area (TPSA) is 141 Å². The fourth-order valence-corrected chi connectivity index (χ4v) is 4.90. The van der Waals surface area contributed by atoms with E-state index in [9.17, 15) is 37.1 Å². The third kappa shape index (κ3) is 5.48. The summed E-state index contributed by atoms with van der Waals surface area (Å²) in [5.74, 6) is -4.67. The van der Waals surface area contributed by atoms with Gasteiger partial charge in [-0.3, -0.25) is 14.5 Å². The number of likely N-dealkylation sites (tertiary alicyclic amines) is 1. The molecule has 4 rings (SSSR count). The number of benzene rings is 1. The van der Waals surface area contributed by atoms with Gasteiger partial charge in [0.15, 0.2) is 0 Å². The van der Waals surface area contributed by atoms with Gasteiger partial charge in [0, 0.05) is 30.0 Å². The number of thioether (sulfide) groups is 1. The zero-order valence-electron chi connectivity index (χ0n) is 17.8. The van der Waals surface area contributed by atoms with Crippen LogP contribution in [0.3, 0.4) is 0 Å². The highest BCUT2D eigenvalue weighted by molar-refractivity contribution is 8.00. The van der Waals surface area contributed by atoms with E-state index in [1.165, 1.54) is 27.6 Å². The van der Waals surface area contributed by atoms with Crippen molar-refractivity contribution in [3.05, 3.63) is 58.6 Å². The lowest BCUT2D eigenvalue weighted by Crippen LogP contribution is -2.68. The van der Waals surface area contributed by atoms with Gasteiger partial charge in [-0.1, -0.05) is 18.2 Å². The molecule has 3 aliphatic rings. The molecule has 1 aromatic carbocycles. The van der Waals surface area contributed by atoms with Gasteiger partial charge in [-0.15, -0.1) is 11.8 Å². The normalized spacial score (nSPS) is 23.1. The number of carbonyl (C=O) groups is 4. The Morgan fingerprint density at radius 1 is 1.20 bits per heavy atom. The second kappa shape index (κ2) is 10.1. The standard InChI is InChI=1S/C19H18FN3O4S.C2HF3O2/c20-13-4-2-1-3-11(13)8-22-6-5-10(16(22)24)7-12-9-28-18-14(21)17(25)23(18)15(12)19(26)27;3-2(4,5)1(6)7/h1-4,7,14,18H,5-6,8-9,21H2,(H,26,27);(H,6,7)/t14-,18-;/m1./s1. The smallest absolute Gasteiger partial charge is 0.477 e. The van der Waals surface area contributed by atoms with Crippen LogP contribution in [-0.4, -0.2) is 73.7 Å². The van der Waals surface area contributed by atoms with Gasteiger partial charge in [0.05, 0.1) is 0 Å². The molecule has 2 amide bonds. The molecule has 2 atom stereocenters. The average molecular weight is 517 g/mol. The number of halogens is 4. The quantitative estimate of drug-likeness (QED) is 0.311. The summed E-state index contributed by atoms with van der Waals surface area (Å²) in [5.41, 5.74) is 6.94. The van der Waals surface area contributed by atoms with E-state index in [0.717, 1.165) is 0 Å². The van der Waals surface area contributed by atoms with Crippen molar-refractivity contribution in [1.29, 1.82) is 0 Å². The van der Waals surface area contributed by atoms with Gasteiger partial charge in [-0.2, -0.15) is 13.2 Å². The molecule has 35 heavy (non-hydrogen) atoms. The Morgan fingerprint density at radius 2 is 1.83 bits per heavy atom. The van der Waals surface area contributed by atoms with Crippen molar-refractivity contribution in [2.75, 3.05) is 12.3 Å². The number of amides is 2.